The highest BCUT2D eigenvalue weighted by atomic mass is 79.9. The van der Waals surface area contributed by atoms with Crippen molar-refractivity contribution in [3.63, 3.8) is 0 Å². The molecule has 29 heavy (non-hydrogen) atoms. The second-order valence-corrected chi connectivity index (χ2v) is 8.10. The van der Waals surface area contributed by atoms with Crippen LogP contribution in [0, 0.1) is 5.82 Å². The van der Waals surface area contributed by atoms with E-state index in [1.807, 2.05) is 12.1 Å². The zero-order valence-electron chi connectivity index (χ0n) is 15.3. The predicted octanol–water partition coefficient (Wildman–Crippen LogP) is 4.25. The molecule has 0 atom stereocenters. The highest BCUT2D eigenvalue weighted by Gasteiger charge is 2.24. The second kappa shape index (κ2) is 8.61. The van der Waals surface area contributed by atoms with Gasteiger partial charge in [-0.05, 0) is 42.5 Å². The van der Waals surface area contributed by atoms with Gasteiger partial charge in [-0.15, -0.1) is 0 Å². The van der Waals surface area contributed by atoms with E-state index in [2.05, 4.69) is 31.0 Å². The molecule has 0 radical (unpaired) electrons. The Kier molecular flexibility index (Phi) is 5.94. The van der Waals surface area contributed by atoms with E-state index < -0.39 is 5.82 Å². The topological polar surface area (TPSA) is 62.5 Å². The van der Waals surface area contributed by atoms with E-state index in [0.29, 0.717) is 59.5 Å². The third-order valence-electron chi connectivity index (χ3n) is 4.70. The fraction of sp³-hybridized carbons (Fsp3) is 0.250. The smallest absolute Gasteiger partial charge is 0.254 e. The van der Waals surface area contributed by atoms with E-state index in [1.165, 1.54) is 12.1 Å². The van der Waals surface area contributed by atoms with E-state index in [-0.39, 0.29) is 5.91 Å². The highest BCUT2D eigenvalue weighted by Crippen LogP contribution is 2.20. The minimum absolute atomic E-state index is 0.173. The standard InChI is InChI=1S/C20H17BrClFN4O2/c21-15-9-14(10-17(23)11-15)20(28)27-7-5-26(6-8-27)12-18-24-19(25-29-18)13-1-3-16(22)4-2-13/h1-4,9-11H,5-8,12H2. The van der Waals surface area contributed by atoms with Gasteiger partial charge in [0.15, 0.2) is 0 Å². The molecule has 0 bridgehead atoms. The van der Waals surface area contributed by atoms with Crippen molar-refractivity contribution in [1.82, 2.24) is 19.9 Å². The lowest BCUT2D eigenvalue weighted by Gasteiger charge is -2.34. The lowest BCUT2D eigenvalue weighted by molar-refractivity contribution is 0.0614. The zero-order valence-corrected chi connectivity index (χ0v) is 17.7. The first-order valence-corrected chi connectivity index (χ1v) is 10.2. The van der Waals surface area contributed by atoms with Crippen molar-refractivity contribution < 1.29 is 13.7 Å². The van der Waals surface area contributed by atoms with Crippen molar-refractivity contribution in [2.24, 2.45) is 0 Å². The van der Waals surface area contributed by atoms with Crippen LogP contribution >= 0.6 is 27.5 Å². The quantitative estimate of drug-likeness (QED) is 0.560. The van der Waals surface area contributed by atoms with Gasteiger partial charge in [0.05, 0.1) is 6.54 Å². The number of benzene rings is 2. The maximum absolute atomic E-state index is 13.6. The summed E-state index contributed by atoms with van der Waals surface area (Å²) < 4.78 is 19.5. The lowest BCUT2D eigenvalue weighted by atomic mass is 10.1. The molecule has 0 saturated carbocycles. The Balaban J connectivity index is 1.34. The first-order valence-electron chi connectivity index (χ1n) is 9.04. The molecule has 1 saturated heterocycles. The number of nitrogens with zero attached hydrogens (tertiary/aromatic N) is 4. The molecular weight excluding hydrogens is 463 g/mol. The Labute approximate surface area is 180 Å². The zero-order chi connectivity index (χ0) is 20.4. The van der Waals surface area contributed by atoms with Crippen molar-refractivity contribution in [3.05, 3.63) is 69.2 Å². The molecule has 1 amide bonds. The number of aromatic nitrogens is 2. The molecular formula is C20H17BrClFN4O2. The van der Waals surface area contributed by atoms with Crippen LogP contribution in [0.2, 0.25) is 5.02 Å². The number of piperazine rings is 1. The van der Waals surface area contributed by atoms with Crippen molar-refractivity contribution in [2.45, 2.75) is 6.54 Å². The van der Waals surface area contributed by atoms with Crippen LogP contribution < -0.4 is 0 Å². The van der Waals surface area contributed by atoms with Crippen LogP contribution in [0.1, 0.15) is 16.2 Å². The molecule has 1 aliphatic rings. The fourth-order valence-electron chi connectivity index (χ4n) is 3.20. The van der Waals surface area contributed by atoms with E-state index in [9.17, 15) is 9.18 Å². The fourth-order valence-corrected chi connectivity index (χ4v) is 3.79. The molecule has 1 fully saturated rings. The molecule has 9 heteroatoms. The van der Waals surface area contributed by atoms with Gasteiger partial charge in [-0.2, -0.15) is 4.98 Å². The molecule has 0 spiro atoms. The van der Waals surface area contributed by atoms with Crippen LogP contribution in [0.15, 0.2) is 51.5 Å². The molecule has 2 heterocycles. The molecule has 1 aliphatic heterocycles. The summed E-state index contributed by atoms with van der Waals surface area (Å²) in [5.74, 6) is 0.424. The van der Waals surface area contributed by atoms with Crippen LogP contribution in [-0.4, -0.2) is 52.0 Å². The summed E-state index contributed by atoms with van der Waals surface area (Å²) in [6.45, 7) is 2.94. The first kappa shape index (κ1) is 20.0. The highest BCUT2D eigenvalue weighted by molar-refractivity contribution is 9.10. The molecule has 150 valence electrons. The van der Waals surface area contributed by atoms with Crippen molar-refractivity contribution in [2.75, 3.05) is 26.2 Å². The van der Waals surface area contributed by atoms with Gasteiger partial charge in [-0.25, -0.2) is 4.39 Å². The van der Waals surface area contributed by atoms with Gasteiger partial charge >= 0.3 is 0 Å². The number of hydrogen-bond donors (Lipinski definition) is 0. The van der Waals surface area contributed by atoms with Gasteiger partial charge in [0, 0.05) is 46.8 Å². The minimum atomic E-state index is -0.436. The predicted molar refractivity (Wildman–Crippen MR) is 110 cm³/mol. The molecule has 2 aromatic carbocycles. The Morgan fingerprint density at radius 1 is 1.14 bits per heavy atom. The summed E-state index contributed by atoms with van der Waals surface area (Å²) in [5.41, 5.74) is 1.18. The van der Waals surface area contributed by atoms with Crippen LogP contribution in [0.5, 0.6) is 0 Å². The maximum atomic E-state index is 13.6. The molecule has 0 aliphatic carbocycles. The van der Waals surface area contributed by atoms with Crippen molar-refractivity contribution in [1.29, 1.82) is 0 Å². The van der Waals surface area contributed by atoms with Gasteiger partial charge in [0.2, 0.25) is 11.7 Å². The van der Waals surface area contributed by atoms with Crippen LogP contribution in [0.3, 0.4) is 0 Å². The lowest BCUT2D eigenvalue weighted by Crippen LogP contribution is -2.48. The maximum Gasteiger partial charge on any atom is 0.254 e. The first-order chi connectivity index (χ1) is 14.0. The Morgan fingerprint density at radius 2 is 1.86 bits per heavy atom. The largest absolute Gasteiger partial charge is 0.338 e. The summed E-state index contributed by atoms with van der Waals surface area (Å²) >= 11 is 9.13. The van der Waals surface area contributed by atoms with E-state index in [0.717, 1.165) is 5.56 Å². The molecule has 4 rings (SSSR count). The summed E-state index contributed by atoms with van der Waals surface area (Å²) in [7, 11) is 0. The Hall–Kier alpha value is -2.29. The molecule has 6 nitrogen and oxygen atoms in total. The Morgan fingerprint density at radius 3 is 2.55 bits per heavy atom. The summed E-state index contributed by atoms with van der Waals surface area (Å²) in [4.78, 5) is 20.9. The van der Waals surface area contributed by atoms with E-state index >= 15 is 0 Å². The van der Waals surface area contributed by atoms with Gasteiger partial charge in [0.25, 0.3) is 5.91 Å². The van der Waals surface area contributed by atoms with E-state index in [1.54, 1.807) is 23.1 Å². The third kappa shape index (κ3) is 4.83. The summed E-state index contributed by atoms with van der Waals surface area (Å²) in [6.07, 6.45) is 0. The number of hydrogen-bond acceptors (Lipinski definition) is 5. The third-order valence-corrected chi connectivity index (χ3v) is 5.41. The number of amides is 1. The average Bonchev–Trinajstić information content (AvgIpc) is 3.16. The minimum Gasteiger partial charge on any atom is -0.338 e. The molecule has 3 aromatic rings. The number of carbonyl (C=O) groups excluding carboxylic acids is 1. The molecule has 0 N–H and O–H groups in total. The van der Waals surface area contributed by atoms with Gasteiger partial charge in [-0.1, -0.05) is 32.7 Å². The number of halogens is 3. The van der Waals surface area contributed by atoms with Gasteiger partial charge < -0.3 is 9.42 Å². The molecule has 0 unspecified atom stereocenters. The second-order valence-electron chi connectivity index (χ2n) is 6.75. The number of rotatable bonds is 4. The average molecular weight is 480 g/mol. The van der Waals surface area contributed by atoms with Crippen molar-refractivity contribution in [3.8, 4) is 11.4 Å². The van der Waals surface area contributed by atoms with Crippen molar-refractivity contribution >= 4 is 33.4 Å². The van der Waals surface area contributed by atoms with Gasteiger partial charge in [0.1, 0.15) is 5.82 Å². The van der Waals surface area contributed by atoms with Crippen LogP contribution in [0.25, 0.3) is 11.4 Å². The van der Waals surface area contributed by atoms with Crippen LogP contribution in [0.4, 0.5) is 4.39 Å². The molecule has 1 aromatic heterocycles. The number of carbonyl (C=O) groups is 1. The monoisotopic (exact) mass is 478 g/mol. The van der Waals surface area contributed by atoms with E-state index in [4.69, 9.17) is 16.1 Å². The normalized spacial score (nSPS) is 14.9. The van der Waals surface area contributed by atoms with Crippen LogP contribution in [-0.2, 0) is 6.54 Å². The van der Waals surface area contributed by atoms with Gasteiger partial charge in [-0.3, -0.25) is 9.69 Å². The Bertz CT molecular complexity index is 999. The summed E-state index contributed by atoms with van der Waals surface area (Å²) in [5, 5.41) is 4.67. The summed E-state index contributed by atoms with van der Waals surface area (Å²) in [6, 6.07) is 11.5. The SMILES string of the molecule is O=C(c1cc(F)cc(Br)c1)N1CCN(Cc2nc(-c3ccc(Cl)cc3)no2)CC1.